The molecule has 0 aromatic rings. The number of rotatable bonds is 4. The van der Waals surface area contributed by atoms with E-state index in [1.54, 1.807) is 7.05 Å². The molecule has 0 radical (unpaired) electrons. The summed E-state index contributed by atoms with van der Waals surface area (Å²) in [5.41, 5.74) is 0. The summed E-state index contributed by atoms with van der Waals surface area (Å²) in [5, 5.41) is 0.940. The number of aliphatic imine (C=N–C) groups is 1. The zero-order valence-electron chi connectivity index (χ0n) is 9.34. The Hall–Kier alpha value is -0.310. The van der Waals surface area contributed by atoms with Crippen molar-refractivity contribution in [2.24, 2.45) is 9.39 Å². The number of hydrogen-bond acceptors (Lipinski definition) is 3. The second-order valence-electron chi connectivity index (χ2n) is 2.67. The third kappa shape index (κ3) is 18.6. The molecular formula is C10H22N2S. The number of unbranched alkanes of at least 4 members (excludes halogenated alkanes) is 3. The highest BCUT2D eigenvalue weighted by Gasteiger charge is 1.80. The van der Waals surface area contributed by atoms with Crippen LogP contribution in [0.2, 0.25) is 0 Å². The Morgan fingerprint density at radius 1 is 1.23 bits per heavy atom. The van der Waals surface area contributed by atoms with Crippen LogP contribution >= 0.6 is 11.9 Å². The normalized spacial score (nSPS) is 10.3. The largest absolute Gasteiger partial charge is 0.285 e. The summed E-state index contributed by atoms with van der Waals surface area (Å²) in [6.45, 7) is 9.63. The lowest BCUT2D eigenvalue weighted by atomic mass is 10.2. The zero-order valence-corrected chi connectivity index (χ0v) is 10.2. The minimum Gasteiger partial charge on any atom is -0.285 e. The Kier molecular flexibility index (Phi) is 16.6. The molecule has 0 aromatic carbocycles. The van der Waals surface area contributed by atoms with Gasteiger partial charge in [0.15, 0.2) is 0 Å². The maximum Gasteiger partial charge on any atom is 0.0869 e. The molecule has 0 atom stereocenters. The predicted octanol–water partition coefficient (Wildman–Crippen LogP) is 3.97. The van der Waals surface area contributed by atoms with Crippen LogP contribution in [0.4, 0.5) is 0 Å². The molecule has 0 rings (SSSR count). The van der Waals surface area contributed by atoms with Crippen molar-refractivity contribution in [1.82, 2.24) is 0 Å². The van der Waals surface area contributed by atoms with Crippen molar-refractivity contribution in [3.8, 4) is 0 Å². The SMILES string of the molecule is C=NSC(C)=NC.CCCCCC. The Balaban J connectivity index is 0. The van der Waals surface area contributed by atoms with Crippen molar-refractivity contribution >= 4 is 23.7 Å². The Labute approximate surface area is 87.1 Å². The highest BCUT2D eigenvalue weighted by molar-refractivity contribution is 8.12. The van der Waals surface area contributed by atoms with Crippen LogP contribution < -0.4 is 0 Å². The van der Waals surface area contributed by atoms with E-state index in [1.165, 1.54) is 37.6 Å². The van der Waals surface area contributed by atoms with E-state index < -0.39 is 0 Å². The molecule has 3 heteroatoms. The first-order chi connectivity index (χ1) is 6.22. The molecule has 13 heavy (non-hydrogen) atoms. The molecule has 0 aliphatic rings. The van der Waals surface area contributed by atoms with Crippen molar-refractivity contribution in [3.05, 3.63) is 0 Å². The molecule has 0 saturated carbocycles. The average molecular weight is 202 g/mol. The van der Waals surface area contributed by atoms with Gasteiger partial charge in [-0.25, -0.2) is 4.40 Å². The van der Waals surface area contributed by atoms with Gasteiger partial charge in [-0.15, -0.1) is 0 Å². The molecule has 0 unspecified atom stereocenters. The van der Waals surface area contributed by atoms with E-state index >= 15 is 0 Å². The maximum absolute atomic E-state index is 3.82. The molecule has 0 heterocycles. The van der Waals surface area contributed by atoms with E-state index in [4.69, 9.17) is 0 Å². The van der Waals surface area contributed by atoms with Gasteiger partial charge in [-0.2, -0.15) is 0 Å². The minimum absolute atomic E-state index is 0.940. The molecule has 0 aliphatic carbocycles. The van der Waals surface area contributed by atoms with Gasteiger partial charge in [0.25, 0.3) is 0 Å². The maximum atomic E-state index is 3.82. The summed E-state index contributed by atoms with van der Waals surface area (Å²) >= 11 is 1.30. The first-order valence-electron chi connectivity index (χ1n) is 4.79. The van der Waals surface area contributed by atoms with Gasteiger partial charge in [0, 0.05) is 19.0 Å². The molecule has 0 bridgehead atoms. The van der Waals surface area contributed by atoms with Crippen molar-refractivity contribution in [1.29, 1.82) is 0 Å². The Morgan fingerprint density at radius 3 is 1.85 bits per heavy atom. The van der Waals surface area contributed by atoms with E-state index in [2.05, 4.69) is 30.0 Å². The fourth-order valence-electron chi connectivity index (χ4n) is 0.634. The molecular weight excluding hydrogens is 180 g/mol. The lowest BCUT2D eigenvalue weighted by Crippen LogP contribution is -1.75. The molecule has 0 spiro atoms. The van der Waals surface area contributed by atoms with Crippen molar-refractivity contribution < 1.29 is 0 Å². The topological polar surface area (TPSA) is 24.7 Å². The molecule has 0 aromatic heterocycles. The van der Waals surface area contributed by atoms with Crippen molar-refractivity contribution in [2.75, 3.05) is 7.05 Å². The molecule has 0 amide bonds. The molecule has 78 valence electrons. The Bertz CT molecular complexity index is 129. The van der Waals surface area contributed by atoms with Crippen LogP contribution in [0.3, 0.4) is 0 Å². The second kappa shape index (κ2) is 14.2. The summed E-state index contributed by atoms with van der Waals surface area (Å²) < 4.78 is 3.54. The quantitative estimate of drug-likeness (QED) is 0.293. The van der Waals surface area contributed by atoms with Gasteiger partial charge in [-0.05, 0) is 13.6 Å². The zero-order chi connectivity index (χ0) is 10.5. The summed E-state index contributed by atoms with van der Waals surface area (Å²) in [6.07, 6.45) is 5.54. The monoisotopic (exact) mass is 202 g/mol. The van der Waals surface area contributed by atoms with Gasteiger partial charge < -0.3 is 0 Å². The molecule has 0 saturated heterocycles. The highest BCUT2D eigenvalue weighted by atomic mass is 32.2. The van der Waals surface area contributed by atoms with E-state index in [1.807, 2.05) is 6.92 Å². The van der Waals surface area contributed by atoms with Crippen molar-refractivity contribution in [2.45, 2.75) is 46.5 Å². The standard InChI is InChI=1S/C6H14.C4H8N2S/c1-3-5-6-4-2;1-4(5-2)7-6-3/h3-6H2,1-2H3;3H2,1-2H3. The number of hydrogen-bond donors (Lipinski definition) is 0. The van der Waals surface area contributed by atoms with Crippen LogP contribution in [0.25, 0.3) is 0 Å². The molecule has 0 fully saturated rings. The average Bonchev–Trinajstić information content (AvgIpc) is 2.16. The summed E-state index contributed by atoms with van der Waals surface area (Å²) in [7, 11) is 1.73. The summed E-state index contributed by atoms with van der Waals surface area (Å²) in [5.74, 6) is 0. The smallest absolute Gasteiger partial charge is 0.0869 e. The number of nitrogens with zero attached hydrogens (tertiary/aromatic N) is 2. The van der Waals surface area contributed by atoms with Crippen LogP contribution in [0.5, 0.6) is 0 Å². The van der Waals surface area contributed by atoms with Crippen LogP contribution in [0.1, 0.15) is 46.5 Å². The van der Waals surface area contributed by atoms with E-state index in [-0.39, 0.29) is 0 Å². The minimum atomic E-state index is 0.940. The van der Waals surface area contributed by atoms with Gasteiger partial charge in [-0.3, -0.25) is 4.99 Å². The van der Waals surface area contributed by atoms with Crippen LogP contribution in [0.15, 0.2) is 9.39 Å². The van der Waals surface area contributed by atoms with Gasteiger partial charge in [0.2, 0.25) is 0 Å². The van der Waals surface area contributed by atoms with Crippen LogP contribution in [-0.2, 0) is 0 Å². The fourth-order valence-corrected chi connectivity index (χ4v) is 0.903. The highest BCUT2D eigenvalue weighted by Crippen LogP contribution is 2.00. The van der Waals surface area contributed by atoms with Gasteiger partial charge in [-0.1, -0.05) is 39.5 Å². The Morgan fingerprint density at radius 2 is 1.69 bits per heavy atom. The summed E-state index contributed by atoms with van der Waals surface area (Å²) in [4.78, 5) is 3.82. The third-order valence-electron chi connectivity index (χ3n) is 1.47. The molecule has 0 N–H and O–H groups in total. The first-order valence-corrected chi connectivity index (χ1v) is 5.56. The lowest BCUT2D eigenvalue weighted by Gasteiger charge is -1.86. The van der Waals surface area contributed by atoms with Crippen LogP contribution in [0, 0.1) is 0 Å². The molecule has 2 nitrogen and oxygen atoms in total. The van der Waals surface area contributed by atoms with E-state index in [0.29, 0.717) is 0 Å². The molecule has 0 aliphatic heterocycles. The third-order valence-corrected chi connectivity index (χ3v) is 2.04. The predicted molar refractivity (Wildman–Crippen MR) is 66.0 cm³/mol. The van der Waals surface area contributed by atoms with Gasteiger partial charge in [0.05, 0.1) is 5.04 Å². The summed E-state index contributed by atoms with van der Waals surface area (Å²) in [6, 6.07) is 0. The van der Waals surface area contributed by atoms with Crippen LogP contribution in [-0.4, -0.2) is 18.8 Å². The van der Waals surface area contributed by atoms with Gasteiger partial charge in [0.1, 0.15) is 0 Å². The lowest BCUT2D eigenvalue weighted by molar-refractivity contribution is 0.702. The fraction of sp³-hybridized carbons (Fsp3) is 0.800. The van der Waals surface area contributed by atoms with E-state index in [9.17, 15) is 0 Å². The van der Waals surface area contributed by atoms with Crippen molar-refractivity contribution in [3.63, 3.8) is 0 Å². The van der Waals surface area contributed by atoms with E-state index in [0.717, 1.165) is 5.04 Å². The first kappa shape index (κ1) is 15.2. The van der Waals surface area contributed by atoms with Gasteiger partial charge >= 0.3 is 0 Å². The second-order valence-corrected chi connectivity index (χ2v) is 3.70.